The minimum atomic E-state index is -0.277. The van der Waals surface area contributed by atoms with Crippen LogP contribution in [0.4, 0.5) is 5.00 Å². The van der Waals surface area contributed by atoms with Crippen LogP contribution in [0.15, 0.2) is 30.3 Å². The van der Waals surface area contributed by atoms with Crippen LogP contribution in [0.2, 0.25) is 5.02 Å². The van der Waals surface area contributed by atoms with Crippen molar-refractivity contribution in [2.75, 3.05) is 5.32 Å². The maximum absolute atomic E-state index is 12.0. The molecule has 0 spiro atoms. The molecule has 0 radical (unpaired) electrons. The van der Waals surface area contributed by atoms with Crippen LogP contribution >= 0.6 is 22.9 Å². The lowest BCUT2D eigenvalue weighted by Crippen LogP contribution is -2.07. The molecule has 0 fully saturated rings. The SMILES string of the molecule is CCc1c(C)sc(NC(=O)/C=C/c2ccccc2Cl)c1C#N. The Balaban J connectivity index is 2.17. The molecule has 0 atom stereocenters. The van der Waals surface area contributed by atoms with Gasteiger partial charge in [0.1, 0.15) is 11.1 Å². The fourth-order valence-corrected chi connectivity index (χ4v) is 3.44. The lowest BCUT2D eigenvalue weighted by atomic mass is 10.1. The van der Waals surface area contributed by atoms with Crippen molar-refractivity contribution in [1.29, 1.82) is 5.26 Å². The van der Waals surface area contributed by atoms with Crippen LogP contribution in [0.1, 0.15) is 28.5 Å². The standard InChI is InChI=1S/C17H15ClN2OS/c1-3-13-11(2)22-17(14(13)10-19)20-16(21)9-8-12-6-4-5-7-15(12)18/h4-9H,3H2,1-2H3,(H,20,21)/b9-8+. The summed E-state index contributed by atoms with van der Waals surface area (Å²) in [5, 5.41) is 13.2. The quantitative estimate of drug-likeness (QED) is 0.819. The highest BCUT2D eigenvalue weighted by atomic mass is 35.5. The highest BCUT2D eigenvalue weighted by molar-refractivity contribution is 7.16. The van der Waals surface area contributed by atoms with Gasteiger partial charge in [-0.25, -0.2) is 0 Å². The Morgan fingerprint density at radius 3 is 2.82 bits per heavy atom. The van der Waals surface area contributed by atoms with Crippen molar-refractivity contribution in [3.63, 3.8) is 0 Å². The highest BCUT2D eigenvalue weighted by Crippen LogP contribution is 2.32. The summed E-state index contributed by atoms with van der Waals surface area (Å²) in [7, 11) is 0. The number of aryl methyl sites for hydroxylation is 1. The first kappa shape index (κ1) is 16.3. The van der Waals surface area contributed by atoms with Crippen molar-refractivity contribution in [3.05, 3.63) is 56.9 Å². The molecule has 1 aromatic carbocycles. The van der Waals surface area contributed by atoms with E-state index in [9.17, 15) is 10.1 Å². The number of amides is 1. The van der Waals surface area contributed by atoms with E-state index < -0.39 is 0 Å². The molecule has 0 aliphatic rings. The topological polar surface area (TPSA) is 52.9 Å². The number of carbonyl (C=O) groups is 1. The van der Waals surface area contributed by atoms with Crippen LogP contribution in [-0.4, -0.2) is 5.91 Å². The van der Waals surface area contributed by atoms with Gasteiger partial charge in [-0.05, 0) is 36.6 Å². The molecule has 2 rings (SSSR count). The Kier molecular flexibility index (Phi) is 5.37. The van der Waals surface area contributed by atoms with E-state index >= 15 is 0 Å². The van der Waals surface area contributed by atoms with E-state index in [-0.39, 0.29) is 5.91 Å². The number of nitrogens with zero attached hydrogens (tertiary/aromatic N) is 1. The van der Waals surface area contributed by atoms with Gasteiger partial charge in [-0.1, -0.05) is 36.7 Å². The number of nitrogens with one attached hydrogen (secondary N) is 1. The zero-order chi connectivity index (χ0) is 16.1. The van der Waals surface area contributed by atoms with Crippen molar-refractivity contribution in [2.45, 2.75) is 20.3 Å². The van der Waals surface area contributed by atoms with Gasteiger partial charge in [0.25, 0.3) is 0 Å². The largest absolute Gasteiger partial charge is 0.313 e. The molecule has 1 N–H and O–H groups in total. The van der Waals surface area contributed by atoms with Gasteiger partial charge < -0.3 is 5.32 Å². The molecule has 0 bridgehead atoms. The molecule has 1 aromatic heterocycles. The molecule has 2 aromatic rings. The normalized spacial score (nSPS) is 10.6. The third-order valence-electron chi connectivity index (χ3n) is 3.23. The Morgan fingerprint density at radius 2 is 2.18 bits per heavy atom. The number of carbonyl (C=O) groups excluding carboxylic acids is 1. The summed E-state index contributed by atoms with van der Waals surface area (Å²) < 4.78 is 0. The predicted octanol–water partition coefficient (Wildman–Crippen LogP) is 4.80. The van der Waals surface area contributed by atoms with Crippen LogP contribution in [-0.2, 0) is 11.2 Å². The van der Waals surface area contributed by atoms with E-state index in [2.05, 4.69) is 11.4 Å². The lowest BCUT2D eigenvalue weighted by molar-refractivity contribution is -0.111. The van der Waals surface area contributed by atoms with Crippen LogP contribution in [0.5, 0.6) is 0 Å². The first-order chi connectivity index (χ1) is 10.6. The van der Waals surface area contributed by atoms with Gasteiger partial charge in [-0.3, -0.25) is 4.79 Å². The van der Waals surface area contributed by atoms with Crippen LogP contribution in [0, 0.1) is 18.3 Å². The molecule has 5 heteroatoms. The molecule has 112 valence electrons. The Hall–Kier alpha value is -2.09. The second kappa shape index (κ2) is 7.26. The molecule has 3 nitrogen and oxygen atoms in total. The monoisotopic (exact) mass is 330 g/mol. The fourth-order valence-electron chi connectivity index (χ4n) is 2.14. The number of halogens is 1. The first-order valence-corrected chi connectivity index (χ1v) is 8.02. The number of hydrogen-bond donors (Lipinski definition) is 1. The molecule has 0 unspecified atom stereocenters. The zero-order valence-electron chi connectivity index (χ0n) is 12.3. The van der Waals surface area contributed by atoms with Gasteiger partial charge in [0.2, 0.25) is 5.91 Å². The second-order valence-electron chi connectivity index (χ2n) is 4.65. The third-order valence-corrected chi connectivity index (χ3v) is 4.64. The molecule has 0 aliphatic carbocycles. The predicted molar refractivity (Wildman–Crippen MR) is 92.3 cm³/mol. The highest BCUT2D eigenvalue weighted by Gasteiger charge is 2.15. The van der Waals surface area contributed by atoms with Crippen molar-refractivity contribution in [3.8, 4) is 6.07 Å². The summed E-state index contributed by atoms with van der Waals surface area (Å²) in [6.45, 7) is 3.96. The lowest BCUT2D eigenvalue weighted by Gasteiger charge is -2.00. The van der Waals surface area contributed by atoms with E-state index in [0.717, 1.165) is 22.4 Å². The number of hydrogen-bond acceptors (Lipinski definition) is 3. The number of nitriles is 1. The minimum absolute atomic E-state index is 0.277. The van der Waals surface area contributed by atoms with E-state index in [1.54, 1.807) is 12.1 Å². The molecule has 0 saturated heterocycles. The summed E-state index contributed by atoms with van der Waals surface area (Å²) in [5.41, 5.74) is 2.33. The Bertz CT molecular complexity index is 771. The molecular weight excluding hydrogens is 316 g/mol. The Labute approximate surface area is 138 Å². The zero-order valence-corrected chi connectivity index (χ0v) is 13.9. The molecule has 1 amide bonds. The molecule has 0 aliphatic heterocycles. The molecule has 1 heterocycles. The first-order valence-electron chi connectivity index (χ1n) is 6.82. The van der Waals surface area contributed by atoms with Gasteiger partial charge in [0, 0.05) is 16.0 Å². The van der Waals surface area contributed by atoms with Gasteiger partial charge >= 0.3 is 0 Å². The molecule has 0 saturated carbocycles. The maximum atomic E-state index is 12.0. The number of rotatable bonds is 4. The molecule has 22 heavy (non-hydrogen) atoms. The van der Waals surface area contributed by atoms with Gasteiger partial charge in [0.05, 0.1) is 5.56 Å². The summed E-state index contributed by atoms with van der Waals surface area (Å²) in [6.07, 6.45) is 3.85. The van der Waals surface area contributed by atoms with Crippen molar-refractivity contribution in [2.24, 2.45) is 0 Å². The molecular formula is C17H15ClN2OS. The summed E-state index contributed by atoms with van der Waals surface area (Å²) >= 11 is 7.46. The summed E-state index contributed by atoms with van der Waals surface area (Å²) in [4.78, 5) is 13.1. The van der Waals surface area contributed by atoms with E-state index in [1.165, 1.54) is 17.4 Å². The average Bonchev–Trinajstić information content (AvgIpc) is 2.80. The average molecular weight is 331 g/mol. The second-order valence-corrected chi connectivity index (χ2v) is 6.28. The third kappa shape index (κ3) is 3.56. The minimum Gasteiger partial charge on any atom is -0.313 e. The van der Waals surface area contributed by atoms with Crippen LogP contribution in [0.3, 0.4) is 0 Å². The smallest absolute Gasteiger partial charge is 0.249 e. The summed E-state index contributed by atoms with van der Waals surface area (Å²) in [5.74, 6) is -0.277. The van der Waals surface area contributed by atoms with Crippen molar-refractivity contribution >= 4 is 39.9 Å². The van der Waals surface area contributed by atoms with Crippen LogP contribution in [0.25, 0.3) is 6.08 Å². The van der Waals surface area contributed by atoms with E-state index in [0.29, 0.717) is 15.6 Å². The van der Waals surface area contributed by atoms with Crippen LogP contribution < -0.4 is 5.32 Å². The van der Waals surface area contributed by atoms with Gasteiger partial charge in [0.15, 0.2) is 0 Å². The van der Waals surface area contributed by atoms with Gasteiger partial charge in [-0.2, -0.15) is 5.26 Å². The number of anilines is 1. The fraction of sp³-hybridized carbons (Fsp3) is 0.176. The Morgan fingerprint density at radius 1 is 1.45 bits per heavy atom. The van der Waals surface area contributed by atoms with Crippen molar-refractivity contribution in [1.82, 2.24) is 0 Å². The maximum Gasteiger partial charge on any atom is 0.249 e. The van der Waals surface area contributed by atoms with Gasteiger partial charge in [-0.15, -0.1) is 11.3 Å². The van der Waals surface area contributed by atoms with E-state index in [1.807, 2.05) is 32.0 Å². The summed E-state index contributed by atoms with van der Waals surface area (Å²) in [6, 6.07) is 9.46. The van der Waals surface area contributed by atoms with E-state index in [4.69, 9.17) is 11.6 Å². The number of thiophene rings is 1. The van der Waals surface area contributed by atoms with Crippen molar-refractivity contribution < 1.29 is 4.79 Å². The number of benzene rings is 1.